The van der Waals surface area contributed by atoms with Crippen LogP contribution in [-0.2, 0) is 6.18 Å². The Morgan fingerprint density at radius 1 is 1.17 bits per heavy atom. The first-order chi connectivity index (χ1) is 10.7. The van der Waals surface area contributed by atoms with Crippen LogP contribution in [0.15, 0.2) is 41.0 Å². The normalized spacial score (nSPS) is 11.2. The van der Waals surface area contributed by atoms with Crippen molar-refractivity contribution in [1.82, 2.24) is 4.98 Å². The number of nitrogens with zero attached hydrogens (tertiary/aromatic N) is 1. The van der Waals surface area contributed by atoms with Gasteiger partial charge in [0.2, 0.25) is 0 Å². The van der Waals surface area contributed by atoms with Crippen molar-refractivity contribution in [3.63, 3.8) is 0 Å². The maximum atomic E-state index is 12.6. The molecular formula is C15H10BrF3N2O2. The highest BCUT2D eigenvalue weighted by Crippen LogP contribution is 2.32. The van der Waals surface area contributed by atoms with Crippen LogP contribution in [0.25, 0.3) is 0 Å². The second-order valence-electron chi connectivity index (χ2n) is 4.63. The molecule has 0 atom stereocenters. The van der Waals surface area contributed by atoms with Gasteiger partial charge in [-0.25, -0.2) is 0 Å². The Balaban J connectivity index is 2.24. The van der Waals surface area contributed by atoms with Gasteiger partial charge in [-0.05, 0) is 46.3 Å². The predicted molar refractivity (Wildman–Crippen MR) is 81.3 cm³/mol. The topological polar surface area (TPSA) is 59.1 Å². The molecule has 8 heteroatoms. The number of alkyl halides is 3. The first kappa shape index (κ1) is 17.1. The molecule has 1 N–H and O–H groups in total. The van der Waals surface area contributed by atoms with Crippen LogP contribution in [0.3, 0.4) is 0 Å². The third kappa shape index (κ3) is 4.16. The molecule has 0 radical (unpaired) electrons. The molecule has 0 aliphatic heterocycles. The van der Waals surface area contributed by atoms with Gasteiger partial charge in [0, 0.05) is 23.3 Å². The Labute approximate surface area is 137 Å². The molecule has 0 saturated carbocycles. The van der Waals surface area contributed by atoms with Gasteiger partial charge < -0.3 is 5.32 Å². The number of anilines is 1. The maximum absolute atomic E-state index is 12.6. The van der Waals surface area contributed by atoms with Crippen LogP contribution in [0.1, 0.15) is 33.3 Å². The first-order valence-electron chi connectivity index (χ1n) is 6.33. The summed E-state index contributed by atoms with van der Waals surface area (Å²) in [5.41, 5.74) is -0.320. The third-order valence-corrected chi connectivity index (χ3v) is 3.58. The molecule has 1 aromatic carbocycles. The summed E-state index contributed by atoms with van der Waals surface area (Å²) >= 11 is 2.96. The fourth-order valence-electron chi connectivity index (χ4n) is 1.77. The Morgan fingerprint density at radius 2 is 1.87 bits per heavy atom. The fourth-order valence-corrected chi connectivity index (χ4v) is 2.33. The number of benzene rings is 1. The molecule has 0 aliphatic carbocycles. The molecule has 0 spiro atoms. The van der Waals surface area contributed by atoms with E-state index in [4.69, 9.17) is 0 Å². The van der Waals surface area contributed by atoms with E-state index in [9.17, 15) is 22.8 Å². The summed E-state index contributed by atoms with van der Waals surface area (Å²) in [4.78, 5) is 27.2. The Morgan fingerprint density at radius 3 is 2.43 bits per heavy atom. The highest BCUT2D eigenvalue weighted by Gasteiger charge is 2.31. The standard InChI is InChI=1S/C15H10BrF3N2O2/c1-8(22)13-7-10(4-5-20-13)21-14(23)11-3-2-9(6-12(11)16)15(17,18)19/h2-7H,1H3,(H,20,21,23). The summed E-state index contributed by atoms with van der Waals surface area (Å²) in [5, 5.41) is 2.51. The Hall–Kier alpha value is -2.22. The number of Topliss-reactive ketones (excluding diaryl/α,β-unsaturated/α-hetero) is 1. The molecule has 1 amide bonds. The molecule has 120 valence electrons. The zero-order chi connectivity index (χ0) is 17.2. The van der Waals surface area contributed by atoms with E-state index in [0.717, 1.165) is 18.2 Å². The zero-order valence-electron chi connectivity index (χ0n) is 11.7. The summed E-state index contributed by atoms with van der Waals surface area (Å²) < 4.78 is 37.8. The number of nitrogens with one attached hydrogen (secondary N) is 1. The number of amides is 1. The molecule has 1 aromatic heterocycles. The van der Waals surface area contributed by atoms with E-state index in [-0.39, 0.29) is 21.5 Å². The van der Waals surface area contributed by atoms with Crippen molar-refractivity contribution in [3.05, 3.63) is 57.8 Å². The van der Waals surface area contributed by atoms with Crippen molar-refractivity contribution in [2.75, 3.05) is 5.32 Å². The van der Waals surface area contributed by atoms with Crippen LogP contribution in [0.4, 0.5) is 18.9 Å². The molecule has 0 saturated heterocycles. The summed E-state index contributed by atoms with van der Waals surface area (Å²) in [6, 6.07) is 5.60. The van der Waals surface area contributed by atoms with E-state index < -0.39 is 17.6 Å². The predicted octanol–water partition coefficient (Wildman–Crippen LogP) is 4.32. The minimum atomic E-state index is -4.49. The van der Waals surface area contributed by atoms with E-state index in [2.05, 4.69) is 26.2 Å². The lowest BCUT2D eigenvalue weighted by molar-refractivity contribution is -0.137. The molecule has 0 aliphatic rings. The number of hydrogen-bond acceptors (Lipinski definition) is 3. The SMILES string of the molecule is CC(=O)c1cc(NC(=O)c2ccc(C(F)(F)F)cc2Br)ccn1. The molecule has 1 heterocycles. The number of halogens is 4. The summed E-state index contributed by atoms with van der Waals surface area (Å²) in [5.74, 6) is -0.872. The van der Waals surface area contributed by atoms with Gasteiger partial charge in [0.05, 0.1) is 11.1 Å². The monoisotopic (exact) mass is 386 g/mol. The van der Waals surface area contributed by atoms with Crippen molar-refractivity contribution in [3.8, 4) is 0 Å². The molecule has 23 heavy (non-hydrogen) atoms. The molecule has 0 unspecified atom stereocenters. The average molecular weight is 387 g/mol. The second-order valence-corrected chi connectivity index (χ2v) is 5.49. The summed E-state index contributed by atoms with van der Waals surface area (Å²) in [7, 11) is 0. The van der Waals surface area contributed by atoms with E-state index >= 15 is 0 Å². The van der Waals surface area contributed by atoms with Crippen LogP contribution in [0.2, 0.25) is 0 Å². The minimum absolute atomic E-state index is 0.0191. The van der Waals surface area contributed by atoms with Gasteiger partial charge in [-0.2, -0.15) is 13.2 Å². The molecule has 4 nitrogen and oxygen atoms in total. The lowest BCUT2D eigenvalue weighted by atomic mass is 10.1. The Kier molecular flexibility index (Phi) is 4.84. The van der Waals surface area contributed by atoms with Crippen molar-refractivity contribution in [1.29, 1.82) is 0 Å². The number of ketones is 1. The number of carbonyl (C=O) groups is 2. The molecule has 2 aromatic rings. The quantitative estimate of drug-likeness (QED) is 0.799. The van der Waals surface area contributed by atoms with Crippen LogP contribution in [0, 0.1) is 0 Å². The maximum Gasteiger partial charge on any atom is 0.416 e. The molecular weight excluding hydrogens is 377 g/mol. The molecule has 0 fully saturated rings. The smallest absolute Gasteiger partial charge is 0.322 e. The summed E-state index contributed by atoms with van der Waals surface area (Å²) in [6.07, 6.45) is -3.13. The molecule has 0 bridgehead atoms. The number of aromatic nitrogens is 1. The summed E-state index contributed by atoms with van der Waals surface area (Å²) in [6.45, 7) is 1.33. The van der Waals surface area contributed by atoms with Crippen LogP contribution >= 0.6 is 15.9 Å². The van der Waals surface area contributed by atoms with Crippen molar-refractivity contribution < 1.29 is 22.8 Å². The highest BCUT2D eigenvalue weighted by molar-refractivity contribution is 9.10. The molecule has 2 rings (SSSR count). The number of rotatable bonds is 3. The lowest BCUT2D eigenvalue weighted by Gasteiger charge is -2.11. The van der Waals surface area contributed by atoms with Gasteiger partial charge in [-0.1, -0.05) is 0 Å². The van der Waals surface area contributed by atoms with Crippen LogP contribution in [-0.4, -0.2) is 16.7 Å². The minimum Gasteiger partial charge on any atom is -0.322 e. The van der Waals surface area contributed by atoms with E-state index in [1.54, 1.807) is 0 Å². The fraction of sp³-hybridized carbons (Fsp3) is 0.133. The number of hydrogen-bond donors (Lipinski definition) is 1. The average Bonchev–Trinajstić information content (AvgIpc) is 2.46. The van der Waals surface area contributed by atoms with Gasteiger partial charge in [0.1, 0.15) is 5.69 Å². The first-order valence-corrected chi connectivity index (χ1v) is 7.13. The van der Waals surface area contributed by atoms with Crippen LogP contribution in [0.5, 0.6) is 0 Å². The van der Waals surface area contributed by atoms with Crippen molar-refractivity contribution in [2.45, 2.75) is 13.1 Å². The number of carbonyl (C=O) groups excluding carboxylic acids is 2. The van der Waals surface area contributed by atoms with Crippen molar-refractivity contribution >= 4 is 33.3 Å². The highest BCUT2D eigenvalue weighted by atomic mass is 79.9. The number of pyridine rings is 1. The van der Waals surface area contributed by atoms with Gasteiger partial charge in [0.15, 0.2) is 5.78 Å². The lowest BCUT2D eigenvalue weighted by Crippen LogP contribution is -2.14. The van der Waals surface area contributed by atoms with Gasteiger partial charge in [-0.3, -0.25) is 14.6 Å². The van der Waals surface area contributed by atoms with E-state index in [0.29, 0.717) is 5.69 Å². The largest absolute Gasteiger partial charge is 0.416 e. The van der Waals surface area contributed by atoms with E-state index in [1.165, 1.54) is 25.3 Å². The van der Waals surface area contributed by atoms with Crippen molar-refractivity contribution in [2.24, 2.45) is 0 Å². The third-order valence-electron chi connectivity index (χ3n) is 2.92. The van der Waals surface area contributed by atoms with Gasteiger partial charge in [-0.15, -0.1) is 0 Å². The second kappa shape index (κ2) is 6.49. The zero-order valence-corrected chi connectivity index (χ0v) is 13.3. The van der Waals surface area contributed by atoms with Gasteiger partial charge >= 0.3 is 6.18 Å². The van der Waals surface area contributed by atoms with Gasteiger partial charge in [0.25, 0.3) is 5.91 Å². The van der Waals surface area contributed by atoms with E-state index in [1.807, 2.05) is 0 Å². The van der Waals surface area contributed by atoms with Crippen LogP contribution < -0.4 is 5.32 Å². The Bertz CT molecular complexity index is 776.